The molecule has 12 nitrogen and oxygen atoms in total. The Morgan fingerprint density at radius 3 is 2.55 bits per heavy atom. The number of esters is 1. The number of hydrogen-bond acceptors (Lipinski definition) is 10. The molecular weight excluding hydrogens is 606 g/mol. The summed E-state index contributed by atoms with van der Waals surface area (Å²) in [7, 11) is 0. The molecule has 4 aliphatic rings. The van der Waals surface area contributed by atoms with Crippen molar-refractivity contribution in [3.8, 4) is 11.5 Å². The number of nitrogen functional groups attached to an aromatic ring is 1. The number of nitrogens with one attached hydrogen (secondary N) is 1. The smallest absolute Gasteiger partial charge is 0.337 e. The summed E-state index contributed by atoms with van der Waals surface area (Å²) in [6.07, 6.45) is 10.8. The maximum Gasteiger partial charge on any atom is 0.337 e. The van der Waals surface area contributed by atoms with Gasteiger partial charge in [-0.2, -0.15) is 0 Å². The Hall–Kier alpha value is -3.48. The SMILES string of the molecule is CC12CCC(=O)C=C1CCC1C2CCC2(C)C(OCCC(=O)NCCOCCOCC(=O)Oc3ccc(N)c(O)c3C(N)=O)CCC12. The average molecular weight is 656 g/mol. The molecule has 1 aromatic rings. The van der Waals surface area contributed by atoms with Gasteiger partial charge >= 0.3 is 5.97 Å². The molecule has 0 spiro atoms. The number of ketones is 1. The predicted molar refractivity (Wildman–Crippen MR) is 172 cm³/mol. The van der Waals surface area contributed by atoms with Crippen molar-refractivity contribution in [2.45, 2.75) is 77.7 Å². The van der Waals surface area contributed by atoms with Crippen LogP contribution in [-0.2, 0) is 28.6 Å². The van der Waals surface area contributed by atoms with Crippen LogP contribution in [0.15, 0.2) is 23.8 Å². The molecule has 0 aromatic heterocycles. The Morgan fingerprint density at radius 1 is 0.979 bits per heavy atom. The van der Waals surface area contributed by atoms with Gasteiger partial charge in [0.2, 0.25) is 5.91 Å². The molecule has 3 fully saturated rings. The quantitative estimate of drug-likeness (QED) is 0.0760. The van der Waals surface area contributed by atoms with Gasteiger partial charge in [-0.1, -0.05) is 19.4 Å². The Bertz CT molecular complexity index is 1400. The molecule has 6 unspecified atom stereocenters. The molecule has 6 atom stereocenters. The lowest BCUT2D eigenvalue weighted by Crippen LogP contribution is -2.51. The summed E-state index contributed by atoms with van der Waals surface area (Å²) >= 11 is 0. The number of carbonyl (C=O) groups is 4. The third kappa shape index (κ3) is 7.49. The zero-order chi connectivity index (χ0) is 33.8. The van der Waals surface area contributed by atoms with Crippen molar-refractivity contribution in [1.82, 2.24) is 5.32 Å². The number of carbonyl (C=O) groups excluding carboxylic acids is 4. The summed E-state index contributed by atoms with van der Waals surface area (Å²) in [4.78, 5) is 48.2. The first-order valence-electron chi connectivity index (χ1n) is 16.8. The van der Waals surface area contributed by atoms with Crippen molar-refractivity contribution in [2.24, 2.45) is 34.3 Å². The van der Waals surface area contributed by atoms with E-state index in [2.05, 4.69) is 19.2 Å². The molecule has 12 heteroatoms. The van der Waals surface area contributed by atoms with Gasteiger partial charge in [0.1, 0.15) is 17.9 Å². The molecule has 2 amide bonds. The maximum absolute atomic E-state index is 12.4. The Kier molecular flexibility index (Phi) is 10.9. The highest BCUT2D eigenvalue weighted by Gasteiger charge is 2.59. The van der Waals surface area contributed by atoms with Crippen LogP contribution in [0, 0.1) is 28.6 Å². The van der Waals surface area contributed by atoms with Crippen molar-refractivity contribution < 1.29 is 43.2 Å². The molecule has 3 saturated carbocycles. The largest absolute Gasteiger partial charge is 0.505 e. The van der Waals surface area contributed by atoms with Crippen LogP contribution in [0.1, 0.15) is 82.0 Å². The fourth-order valence-electron chi connectivity index (χ4n) is 8.87. The topological polar surface area (TPSA) is 190 Å². The van der Waals surface area contributed by atoms with Crippen LogP contribution in [0.3, 0.4) is 0 Å². The number of benzene rings is 1. The second kappa shape index (κ2) is 14.7. The number of nitrogens with two attached hydrogens (primary N) is 2. The van der Waals surface area contributed by atoms with E-state index in [0.29, 0.717) is 43.1 Å². The minimum absolute atomic E-state index is 0.0726. The van der Waals surface area contributed by atoms with Gasteiger partial charge in [0.25, 0.3) is 5.91 Å². The summed E-state index contributed by atoms with van der Waals surface area (Å²) in [6, 6.07) is 2.55. The molecule has 0 bridgehead atoms. The van der Waals surface area contributed by atoms with Gasteiger partial charge in [-0.15, -0.1) is 0 Å². The fraction of sp³-hybridized carbons (Fsp3) is 0.657. The van der Waals surface area contributed by atoms with Gasteiger partial charge in [0.05, 0.1) is 38.2 Å². The van der Waals surface area contributed by atoms with E-state index in [-0.39, 0.29) is 66.1 Å². The molecule has 0 radical (unpaired) electrons. The van der Waals surface area contributed by atoms with E-state index in [1.807, 2.05) is 6.08 Å². The van der Waals surface area contributed by atoms with Crippen LogP contribution in [0.2, 0.25) is 0 Å². The highest BCUT2D eigenvalue weighted by Crippen LogP contribution is 2.65. The van der Waals surface area contributed by atoms with E-state index in [1.54, 1.807) is 0 Å². The van der Waals surface area contributed by atoms with E-state index in [4.69, 9.17) is 30.4 Å². The standard InChI is InChI=1S/C35H49N3O9/c1-34-12-9-22(39)19-21(34)3-4-23-24-5-8-28(35(24,2)13-10-25(23)34)46-15-11-29(40)38-14-16-44-17-18-45-20-30(41)47-27-7-6-26(36)32(42)31(27)33(37)43/h6-7,19,23-25,28,42H,3-5,8-18,20,36H2,1-2H3,(H2,37,43)(H,38,40). The monoisotopic (exact) mass is 655 g/mol. The maximum atomic E-state index is 12.4. The number of anilines is 1. The van der Waals surface area contributed by atoms with Crippen molar-refractivity contribution in [1.29, 1.82) is 0 Å². The number of aromatic hydroxyl groups is 1. The van der Waals surface area contributed by atoms with Gasteiger partial charge in [0.15, 0.2) is 11.5 Å². The zero-order valence-corrected chi connectivity index (χ0v) is 27.5. The summed E-state index contributed by atoms with van der Waals surface area (Å²) in [5.74, 6) is -0.375. The van der Waals surface area contributed by atoms with Gasteiger partial charge in [0, 0.05) is 19.4 Å². The van der Waals surface area contributed by atoms with Crippen LogP contribution in [-0.4, -0.2) is 74.4 Å². The van der Waals surface area contributed by atoms with E-state index in [1.165, 1.54) is 37.0 Å². The summed E-state index contributed by atoms with van der Waals surface area (Å²) in [6.45, 7) is 5.70. The first kappa shape index (κ1) is 34.8. The lowest BCUT2D eigenvalue weighted by molar-refractivity contribution is -0.140. The van der Waals surface area contributed by atoms with Crippen molar-refractivity contribution >= 4 is 29.3 Å². The van der Waals surface area contributed by atoms with Crippen LogP contribution in [0.4, 0.5) is 5.69 Å². The predicted octanol–water partition coefficient (Wildman–Crippen LogP) is 3.44. The van der Waals surface area contributed by atoms with Crippen LogP contribution in [0.25, 0.3) is 0 Å². The lowest BCUT2D eigenvalue weighted by atomic mass is 9.47. The average Bonchev–Trinajstić information content (AvgIpc) is 3.36. The van der Waals surface area contributed by atoms with Gasteiger partial charge in [-0.25, -0.2) is 4.79 Å². The van der Waals surface area contributed by atoms with Gasteiger partial charge < -0.3 is 40.8 Å². The molecular formula is C35H49N3O9. The molecule has 1 aromatic carbocycles. The number of fused-ring (bicyclic) bond motifs is 5. The summed E-state index contributed by atoms with van der Waals surface area (Å²) in [5.41, 5.74) is 12.0. The number of hydrogen-bond donors (Lipinski definition) is 4. The minimum Gasteiger partial charge on any atom is -0.505 e. The van der Waals surface area contributed by atoms with Gasteiger partial charge in [-0.3, -0.25) is 14.4 Å². The number of rotatable bonds is 14. The second-order valence-corrected chi connectivity index (χ2v) is 13.9. The van der Waals surface area contributed by atoms with E-state index in [9.17, 15) is 24.3 Å². The number of amides is 2. The first-order chi connectivity index (χ1) is 22.4. The Morgan fingerprint density at radius 2 is 1.77 bits per heavy atom. The van der Waals surface area contributed by atoms with E-state index < -0.39 is 24.2 Å². The summed E-state index contributed by atoms with van der Waals surface area (Å²) < 4.78 is 22.1. The fourth-order valence-corrected chi connectivity index (χ4v) is 8.87. The molecule has 0 heterocycles. The normalized spacial score (nSPS) is 29.7. The third-order valence-corrected chi connectivity index (χ3v) is 11.3. The number of phenols is 1. The lowest BCUT2D eigenvalue weighted by Gasteiger charge is -2.58. The number of ether oxygens (including phenoxy) is 4. The van der Waals surface area contributed by atoms with E-state index in [0.717, 1.165) is 25.7 Å². The molecule has 0 saturated heterocycles. The summed E-state index contributed by atoms with van der Waals surface area (Å²) in [5, 5.41) is 12.8. The van der Waals surface area contributed by atoms with Crippen molar-refractivity contribution in [3.63, 3.8) is 0 Å². The molecule has 258 valence electrons. The third-order valence-electron chi connectivity index (χ3n) is 11.3. The molecule has 6 N–H and O–H groups in total. The highest BCUT2D eigenvalue weighted by atomic mass is 16.6. The van der Waals surface area contributed by atoms with E-state index >= 15 is 0 Å². The van der Waals surface area contributed by atoms with Crippen LogP contribution >= 0.6 is 0 Å². The van der Waals surface area contributed by atoms with Crippen LogP contribution in [0.5, 0.6) is 11.5 Å². The number of allylic oxidation sites excluding steroid dienone is 1. The van der Waals surface area contributed by atoms with Crippen molar-refractivity contribution in [3.05, 3.63) is 29.3 Å². The minimum atomic E-state index is -0.990. The molecule has 0 aliphatic heterocycles. The first-order valence-corrected chi connectivity index (χ1v) is 16.8. The molecule has 4 aliphatic carbocycles. The zero-order valence-electron chi connectivity index (χ0n) is 27.5. The van der Waals surface area contributed by atoms with Crippen molar-refractivity contribution in [2.75, 3.05) is 45.3 Å². The van der Waals surface area contributed by atoms with Gasteiger partial charge in [-0.05, 0) is 91.7 Å². The Labute approximate surface area is 275 Å². The van der Waals surface area contributed by atoms with Crippen LogP contribution < -0.4 is 21.5 Å². The highest BCUT2D eigenvalue weighted by molar-refractivity contribution is 6.00. The Balaban J connectivity index is 0.936. The second-order valence-electron chi connectivity index (χ2n) is 13.9. The molecule has 47 heavy (non-hydrogen) atoms. The number of primary amides is 1. The molecule has 5 rings (SSSR count).